The molecular formula is C20H29N3O2S. The molecule has 0 unspecified atom stereocenters. The quantitative estimate of drug-likeness (QED) is 0.743. The van der Waals surface area contributed by atoms with E-state index in [2.05, 4.69) is 17.1 Å². The van der Waals surface area contributed by atoms with Crippen LogP contribution in [0, 0.1) is 0 Å². The third kappa shape index (κ3) is 4.00. The summed E-state index contributed by atoms with van der Waals surface area (Å²) in [5, 5.41) is 3.00. The molecule has 142 valence electrons. The number of anilines is 2. The highest BCUT2D eigenvalue weighted by atomic mass is 32.2. The Hall–Kier alpha value is -1.69. The second kappa shape index (κ2) is 8.80. The van der Waals surface area contributed by atoms with Crippen LogP contribution < -0.4 is 15.1 Å². The first-order valence-corrected chi connectivity index (χ1v) is 10.8. The third-order valence-electron chi connectivity index (χ3n) is 5.13. The highest BCUT2D eigenvalue weighted by Crippen LogP contribution is 2.39. The summed E-state index contributed by atoms with van der Waals surface area (Å²) < 4.78 is 0. The number of piperidine rings is 1. The van der Waals surface area contributed by atoms with E-state index in [1.807, 2.05) is 37.0 Å². The maximum absolute atomic E-state index is 12.7. The summed E-state index contributed by atoms with van der Waals surface area (Å²) in [6.45, 7) is 3.78. The van der Waals surface area contributed by atoms with Crippen LogP contribution in [0.15, 0.2) is 18.2 Å². The lowest BCUT2D eigenvalue weighted by molar-refractivity contribution is -0.120. The molecule has 26 heavy (non-hydrogen) atoms. The van der Waals surface area contributed by atoms with Crippen molar-refractivity contribution in [2.75, 3.05) is 41.4 Å². The van der Waals surface area contributed by atoms with Crippen molar-refractivity contribution >= 4 is 35.0 Å². The molecular weight excluding hydrogens is 346 g/mol. The average Bonchev–Trinajstić information content (AvgIpc) is 2.68. The summed E-state index contributed by atoms with van der Waals surface area (Å²) in [5.74, 6) is 2.33. The number of carbonyl (C=O) groups is 2. The Bertz CT molecular complexity index is 664. The van der Waals surface area contributed by atoms with Gasteiger partial charge in [-0.3, -0.25) is 9.59 Å². The Labute approximate surface area is 160 Å². The van der Waals surface area contributed by atoms with Gasteiger partial charge in [-0.2, -0.15) is 11.8 Å². The van der Waals surface area contributed by atoms with Crippen LogP contribution in [-0.4, -0.2) is 49.5 Å². The first-order chi connectivity index (χ1) is 12.6. The molecule has 1 aromatic carbocycles. The van der Waals surface area contributed by atoms with Gasteiger partial charge >= 0.3 is 0 Å². The summed E-state index contributed by atoms with van der Waals surface area (Å²) in [6.07, 6.45) is 5.31. The number of hydrogen-bond donors (Lipinski definition) is 1. The SMILES string of the molecule is CCCSCCCNC(=O)c1ccc2c(c1)N(C)C(=O)[C@H]1CCCCN21. The second-order valence-electron chi connectivity index (χ2n) is 7.03. The molecule has 3 rings (SSSR count). The molecule has 0 bridgehead atoms. The van der Waals surface area contributed by atoms with Crippen LogP contribution in [0.1, 0.15) is 49.4 Å². The molecule has 6 heteroatoms. The Morgan fingerprint density at radius 2 is 2.12 bits per heavy atom. The minimum Gasteiger partial charge on any atom is -0.358 e. The molecule has 2 amide bonds. The lowest BCUT2D eigenvalue weighted by atomic mass is 9.96. The molecule has 2 aliphatic heterocycles. The summed E-state index contributed by atoms with van der Waals surface area (Å²) in [6, 6.07) is 5.71. The molecule has 1 saturated heterocycles. The van der Waals surface area contributed by atoms with Gasteiger partial charge < -0.3 is 15.1 Å². The molecule has 1 fully saturated rings. The second-order valence-corrected chi connectivity index (χ2v) is 8.25. The molecule has 1 N–H and O–H groups in total. The molecule has 0 aromatic heterocycles. The fourth-order valence-electron chi connectivity index (χ4n) is 3.72. The zero-order valence-electron chi connectivity index (χ0n) is 15.8. The van der Waals surface area contributed by atoms with Gasteiger partial charge in [0.2, 0.25) is 5.91 Å². The maximum Gasteiger partial charge on any atom is 0.251 e. The Morgan fingerprint density at radius 1 is 1.27 bits per heavy atom. The number of amides is 2. The highest BCUT2D eigenvalue weighted by molar-refractivity contribution is 7.99. The van der Waals surface area contributed by atoms with E-state index in [1.165, 1.54) is 12.2 Å². The molecule has 2 heterocycles. The Balaban J connectivity index is 1.66. The fraction of sp³-hybridized carbons (Fsp3) is 0.600. The van der Waals surface area contributed by atoms with E-state index in [0.29, 0.717) is 12.1 Å². The number of nitrogens with one attached hydrogen (secondary N) is 1. The largest absolute Gasteiger partial charge is 0.358 e. The normalized spacial score (nSPS) is 19.2. The van der Waals surface area contributed by atoms with Crippen molar-refractivity contribution < 1.29 is 9.59 Å². The summed E-state index contributed by atoms with van der Waals surface area (Å²) in [5.41, 5.74) is 2.55. The number of hydrogen-bond acceptors (Lipinski definition) is 4. The number of carbonyl (C=O) groups excluding carboxylic acids is 2. The third-order valence-corrected chi connectivity index (χ3v) is 6.40. The molecule has 0 saturated carbocycles. The predicted octanol–water partition coefficient (Wildman–Crippen LogP) is 3.29. The van der Waals surface area contributed by atoms with Gasteiger partial charge in [-0.1, -0.05) is 6.92 Å². The van der Waals surface area contributed by atoms with E-state index in [4.69, 9.17) is 0 Å². The van der Waals surface area contributed by atoms with Crippen LogP contribution in [0.25, 0.3) is 0 Å². The summed E-state index contributed by atoms with van der Waals surface area (Å²) >= 11 is 1.93. The van der Waals surface area contributed by atoms with Gasteiger partial charge in [0, 0.05) is 25.7 Å². The zero-order chi connectivity index (χ0) is 18.5. The van der Waals surface area contributed by atoms with E-state index in [1.54, 1.807) is 4.90 Å². The van der Waals surface area contributed by atoms with Crippen molar-refractivity contribution in [2.24, 2.45) is 0 Å². The molecule has 0 aliphatic carbocycles. The molecule has 0 spiro atoms. The van der Waals surface area contributed by atoms with Crippen LogP contribution in [0.2, 0.25) is 0 Å². The number of rotatable bonds is 7. The van der Waals surface area contributed by atoms with Crippen LogP contribution in [0.3, 0.4) is 0 Å². The van der Waals surface area contributed by atoms with Crippen molar-refractivity contribution in [2.45, 2.75) is 45.1 Å². The topological polar surface area (TPSA) is 52.7 Å². The minimum absolute atomic E-state index is 0.0402. The number of fused-ring (bicyclic) bond motifs is 3. The number of thioether (sulfide) groups is 1. The van der Waals surface area contributed by atoms with Crippen LogP contribution in [0.4, 0.5) is 11.4 Å². The molecule has 1 atom stereocenters. The molecule has 2 aliphatic rings. The van der Waals surface area contributed by atoms with E-state index in [0.717, 1.165) is 49.4 Å². The van der Waals surface area contributed by atoms with E-state index in [-0.39, 0.29) is 17.9 Å². The van der Waals surface area contributed by atoms with Gasteiger partial charge in [0.25, 0.3) is 5.91 Å². The molecule has 5 nitrogen and oxygen atoms in total. The Morgan fingerprint density at radius 3 is 2.92 bits per heavy atom. The van der Waals surface area contributed by atoms with Gasteiger partial charge in [0.15, 0.2) is 0 Å². The molecule has 1 aromatic rings. The van der Waals surface area contributed by atoms with Crippen molar-refractivity contribution in [3.8, 4) is 0 Å². The first kappa shape index (κ1) is 19.1. The standard InChI is InChI=1S/C20H29N3O2S/c1-3-12-26-13-6-10-21-19(24)15-8-9-16-18(14-15)22(2)20(25)17-7-4-5-11-23(16)17/h8-9,14,17H,3-7,10-13H2,1-2H3,(H,21,24)/t17-/m1/s1. The number of benzene rings is 1. The zero-order valence-corrected chi connectivity index (χ0v) is 16.6. The van der Waals surface area contributed by atoms with Gasteiger partial charge in [0.05, 0.1) is 11.4 Å². The van der Waals surface area contributed by atoms with Crippen molar-refractivity contribution in [3.63, 3.8) is 0 Å². The van der Waals surface area contributed by atoms with Crippen LogP contribution in [0.5, 0.6) is 0 Å². The lowest BCUT2D eigenvalue weighted by Crippen LogP contribution is -2.54. The number of nitrogens with zero attached hydrogens (tertiary/aromatic N) is 2. The van der Waals surface area contributed by atoms with Crippen molar-refractivity contribution in [3.05, 3.63) is 23.8 Å². The van der Waals surface area contributed by atoms with Gasteiger partial charge in [-0.15, -0.1) is 0 Å². The number of likely N-dealkylation sites (N-methyl/N-ethyl adjacent to an activating group) is 1. The fourth-order valence-corrected chi connectivity index (χ4v) is 4.56. The predicted molar refractivity (Wildman–Crippen MR) is 109 cm³/mol. The van der Waals surface area contributed by atoms with Crippen molar-refractivity contribution in [1.82, 2.24) is 5.32 Å². The summed E-state index contributed by atoms with van der Waals surface area (Å²) in [7, 11) is 1.82. The first-order valence-electron chi connectivity index (χ1n) is 9.67. The lowest BCUT2D eigenvalue weighted by Gasteiger charge is -2.44. The highest BCUT2D eigenvalue weighted by Gasteiger charge is 2.37. The maximum atomic E-state index is 12.7. The van der Waals surface area contributed by atoms with Gasteiger partial charge in [0.1, 0.15) is 6.04 Å². The average molecular weight is 376 g/mol. The van der Waals surface area contributed by atoms with E-state index >= 15 is 0 Å². The summed E-state index contributed by atoms with van der Waals surface area (Å²) in [4.78, 5) is 29.1. The van der Waals surface area contributed by atoms with Gasteiger partial charge in [-0.05, 0) is 61.8 Å². The van der Waals surface area contributed by atoms with Gasteiger partial charge in [-0.25, -0.2) is 0 Å². The van der Waals surface area contributed by atoms with Crippen LogP contribution in [-0.2, 0) is 4.79 Å². The van der Waals surface area contributed by atoms with Crippen LogP contribution >= 0.6 is 11.8 Å². The van der Waals surface area contributed by atoms with Crippen molar-refractivity contribution in [1.29, 1.82) is 0 Å². The minimum atomic E-state index is -0.0603. The van der Waals surface area contributed by atoms with E-state index in [9.17, 15) is 9.59 Å². The monoisotopic (exact) mass is 375 g/mol. The smallest absolute Gasteiger partial charge is 0.251 e. The van der Waals surface area contributed by atoms with E-state index < -0.39 is 0 Å². The molecule has 0 radical (unpaired) electrons. The Kier molecular flexibility index (Phi) is 6.46.